The number of nitrogens with one attached hydrogen (secondary N) is 1. The highest BCUT2D eigenvalue weighted by Crippen LogP contribution is 2.53. The number of hydrogen-bond acceptors (Lipinski definition) is 4. The van der Waals surface area contributed by atoms with Gasteiger partial charge in [0.2, 0.25) is 5.91 Å². The number of aryl methyl sites for hydroxylation is 1. The number of carbonyl (C=O) groups excluding carboxylic acids is 2. The van der Waals surface area contributed by atoms with E-state index < -0.39 is 0 Å². The number of ketones is 1. The third-order valence-corrected chi connectivity index (χ3v) is 7.97. The van der Waals surface area contributed by atoms with E-state index in [-0.39, 0.29) is 24.0 Å². The number of halogens is 1. The number of Topliss-reactive ketones (excluding diaryl/α,β-unsaturated/α-hetero) is 1. The van der Waals surface area contributed by atoms with Crippen LogP contribution >= 0.6 is 11.6 Å². The fraction of sp³-hybridized carbons (Fsp3) is 0.633. The van der Waals surface area contributed by atoms with Gasteiger partial charge >= 0.3 is 0 Å². The predicted octanol–water partition coefficient (Wildman–Crippen LogP) is 8.32. The number of amides is 1. The molecule has 1 atom stereocenters. The number of aromatic nitrogens is 1. The summed E-state index contributed by atoms with van der Waals surface area (Å²) >= 11 is 6.35. The van der Waals surface area contributed by atoms with Crippen molar-refractivity contribution in [2.45, 2.75) is 110 Å². The maximum absolute atomic E-state index is 13.1. The summed E-state index contributed by atoms with van der Waals surface area (Å²) in [7, 11) is 0. The second-order valence-corrected chi connectivity index (χ2v) is 12.7. The topological polar surface area (TPSA) is 72.2 Å². The van der Waals surface area contributed by atoms with Crippen molar-refractivity contribution in [2.24, 2.45) is 11.3 Å². The minimum atomic E-state index is -0.150. The van der Waals surface area contributed by atoms with Crippen LogP contribution in [-0.2, 0) is 9.59 Å². The van der Waals surface area contributed by atoms with Crippen LogP contribution < -0.4 is 5.32 Å². The molecule has 2 fully saturated rings. The van der Waals surface area contributed by atoms with Gasteiger partial charge in [-0.3, -0.25) is 9.59 Å². The van der Waals surface area contributed by atoms with Crippen LogP contribution in [0, 0.1) is 18.3 Å². The maximum atomic E-state index is 13.1. The molecule has 36 heavy (non-hydrogen) atoms. The van der Waals surface area contributed by atoms with E-state index in [4.69, 9.17) is 16.1 Å². The van der Waals surface area contributed by atoms with Crippen molar-refractivity contribution in [1.29, 1.82) is 0 Å². The highest BCUT2D eigenvalue weighted by Gasteiger charge is 2.42. The minimum absolute atomic E-state index is 0.116. The van der Waals surface area contributed by atoms with E-state index in [1.54, 1.807) is 0 Å². The summed E-state index contributed by atoms with van der Waals surface area (Å²) in [6.07, 6.45) is 7.63. The summed E-state index contributed by atoms with van der Waals surface area (Å²) in [6.45, 7) is 10.8. The monoisotopic (exact) mass is 512 g/mol. The largest absolute Gasteiger partial charge is 0.361 e. The fourth-order valence-corrected chi connectivity index (χ4v) is 5.95. The highest BCUT2D eigenvalue weighted by molar-refractivity contribution is 6.33. The van der Waals surface area contributed by atoms with Gasteiger partial charge in [-0.05, 0) is 80.4 Å². The smallest absolute Gasteiger partial charge is 0.225 e. The third kappa shape index (κ3) is 6.79. The molecule has 4 rings (SSSR count). The van der Waals surface area contributed by atoms with Gasteiger partial charge in [0.05, 0.1) is 16.4 Å². The second kappa shape index (κ2) is 11.1. The van der Waals surface area contributed by atoms with E-state index in [1.807, 2.05) is 32.0 Å². The van der Waals surface area contributed by atoms with Gasteiger partial charge in [-0.15, -0.1) is 0 Å². The van der Waals surface area contributed by atoms with Crippen LogP contribution in [0.4, 0.5) is 5.69 Å². The van der Waals surface area contributed by atoms with E-state index in [2.05, 4.69) is 31.2 Å². The van der Waals surface area contributed by atoms with Gasteiger partial charge in [-0.2, -0.15) is 0 Å². The molecular formula is C30H41ClN2O3. The Kier molecular flexibility index (Phi) is 8.28. The molecule has 2 saturated carbocycles. The van der Waals surface area contributed by atoms with Gasteiger partial charge in [-0.25, -0.2) is 0 Å². The number of rotatable bonds is 11. The lowest BCUT2D eigenvalue weighted by Gasteiger charge is -2.38. The quantitative estimate of drug-likeness (QED) is 0.328. The van der Waals surface area contributed by atoms with E-state index in [0.717, 1.165) is 48.6 Å². The first-order valence-corrected chi connectivity index (χ1v) is 14.0. The molecule has 1 heterocycles. The van der Waals surface area contributed by atoms with E-state index in [9.17, 15) is 9.59 Å². The fourth-order valence-electron chi connectivity index (χ4n) is 5.67. The van der Waals surface area contributed by atoms with Crippen LogP contribution in [0.15, 0.2) is 22.7 Å². The summed E-state index contributed by atoms with van der Waals surface area (Å²) in [5.74, 6) is 2.63. The summed E-state index contributed by atoms with van der Waals surface area (Å²) in [5, 5.41) is 8.08. The summed E-state index contributed by atoms with van der Waals surface area (Å²) in [4.78, 5) is 25.3. The molecule has 1 aromatic carbocycles. The molecule has 6 heteroatoms. The Morgan fingerprint density at radius 2 is 1.92 bits per heavy atom. The van der Waals surface area contributed by atoms with Gasteiger partial charge in [-0.1, -0.05) is 50.5 Å². The molecule has 2 aliphatic rings. The molecule has 5 nitrogen and oxygen atoms in total. The Morgan fingerprint density at radius 1 is 1.19 bits per heavy atom. The first kappa shape index (κ1) is 26.9. The van der Waals surface area contributed by atoms with E-state index in [0.29, 0.717) is 47.2 Å². The van der Waals surface area contributed by atoms with Gasteiger partial charge in [0.15, 0.2) is 0 Å². The SMILES string of the molecule is CCC(=O)CC[C@@H](CC(=O)Nc1ccc(C)cc1Cl)c1noc(C2CC(CC(C)(C)C)C2)c1C1CC1. The van der Waals surface area contributed by atoms with E-state index in [1.165, 1.54) is 12.0 Å². The number of carbonyl (C=O) groups is 2. The summed E-state index contributed by atoms with van der Waals surface area (Å²) in [6, 6.07) is 5.61. The molecule has 0 aliphatic heterocycles. The zero-order chi connectivity index (χ0) is 26.0. The highest BCUT2D eigenvalue weighted by atomic mass is 35.5. The van der Waals surface area contributed by atoms with Crippen LogP contribution in [0.3, 0.4) is 0 Å². The van der Waals surface area contributed by atoms with Crippen molar-refractivity contribution < 1.29 is 14.1 Å². The Morgan fingerprint density at radius 3 is 2.53 bits per heavy atom. The molecule has 2 aromatic rings. The molecule has 0 spiro atoms. The molecule has 1 aromatic heterocycles. The Bertz CT molecular complexity index is 1090. The number of anilines is 1. The maximum Gasteiger partial charge on any atom is 0.225 e. The molecule has 1 amide bonds. The van der Waals surface area contributed by atoms with Crippen LogP contribution in [0.1, 0.15) is 126 Å². The van der Waals surface area contributed by atoms with Crippen molar-refractivity contribution in [3.63, 3.8) is 0 Å². The number of benzene rings is 1. The van der Waals surface area contributed by atoms with Crippen molar-refractivity contribution in [3.05, 3.63) is 45.8 Å². The zero-order valence-corrected chi connectivity index (χ0v) is 23.2. The third-order valence-electron chi connectivity index (χ3n) is 7.66. The second-order valence-electron chi connectivity index (χ2n) is 12.3. The molecule has 0 saturated heterocycles. The van der Waals surface area contributed by atoms with Crippen molar-refractivity contribution in [1.82, 2.24) is 5.16 Å². The standard InChI is InChI=1S/C30H41ClN2O3/c1-6-23(34)11-10-21(16-26(35)32-25-12-7-18(2)13-24(25)31)28-27(20-8-9-20)29(36-33-28)22-14-19(15-22)17-30(3,4)5/h7,12-13,19-22H,6,8-11,14-17H2,1-5H3,(H,32,35)/t19?,21-,22?/m0/s1. The van der Waals surface area contributed by atoms with Crippen molar-refractivity contribution in [3.8, 4) is 0 Å². The van der Waals surface area contributed by atoms with Gasteiger partial charge in [0.25, 0.3) is 0 Å². The lowest BCUT2D eigenvalue weighted by Crippen LogP contribution is -2.26. The summed E-state index contributed by atoms with van der Waals surface area (Å²) in [5.41, 5.74) is 4.13. The van der Waals surface area contributed by atoms with Crippen molar-refractivity contribution in [2.75, 3.05) is 5.32 Å². The Labute approximate surface area is 220 Å². The Balaban J connectivity index is 1.52. The average Bonchev–Trinajstić information content (AvgIpc) is 3.53. The van der Waals surface area contributed by atoms with Crippen LogP contribution in [-0.4, -0.2) is 16.8 Å². The minimum Gasteiger partial charge on any atom is -0.361 e. The van der Waals surface area contributed by atoms with Crippen LogP contribution in [0.2, 0.25) is 5.02 Å². The van der Waals surface area contributed by atoms with Gasteiger partial charge in [0.1, 0.15) is 11.5 Å². The molecule has 0 unspecified atom stereocenters. The lowest BCUT2D eigenvalue weighted by molar-refractivity contribution is -0.120. The molecule has 1 N–H and O–H groups in total. The number of hydrogen-bond donors (Lipinski definition) is 1. The average molecular weight is 513 g/mol. The van der Waals surface area contributed by atoms with Crippen LogP contribution in [0.25, 0.3) is 0 Å². The van der Waals surface area contributed by atoms with E-state index >= 15 is 0 Å². The molecule has 2 aliphatic carbocycles. The molecule has 196 valence electrons. The zero-order valence-electron chi connectivity index (χ0n) is 22.5. The first-order chi connectivity index (χ1) is 17.0. The summed E-state index contributed by atoms with van der Waals surface area (Å²) < 4.78 is 6.04. The molecule has 0 bridgehead atoms. The van der Waals surface area contributed by atoms with Gasteiger partial charge < -0.3 is 9.84 Å². The Hall–Kier alpha value is -2.14. The predicted molar refractivity (Wildman–Crippen MR) is 145 cm³/mol. The molecular weight excluding hydrogens is 472 g/mol. The first-order valence-electron chi connectivity index (χ1n) is 13.6. The van der Waals surface area contributed by atoms with Gasteiger partial charge in [0, 0.05) is 36.7 Å². The lowest BCUT2D eigenvalue weighted by atomic mass is 9.66. The molecule has 0 radical (unpaired) electrons. The van der Waals surface area contributed by atoms with Crippen molar-refractivity contribution >= 4 is 29.0 Å². The normalized spacial score (nSPS) is 20.6. The van der Waals surface area contributed by atoms with Crippen LogP contribution in [0.5, 0.6) is 0 Å². The number of nitrogens with zero attached hydrogens (tertiary/aromatic N) is 1.